The zero-order valence-corrected chi connectivity index (χ0v) is 14.5. The summed E-state index contributed by atoms with van der Waals surface area (Å²) in [5.74, 6) is -0.353. The minimum absolute atomic E-state index is 0.353. The largest absolute Gasteiger partial charge is 0.320 e. The summed E-state index contributed by atoms with van der Waals surface area (Å²) in [6, 6.07) is 11.9. The van der Waals surface area contributed by atoms with Gasteiger partial charge < -0.3 is 5.32 Å². The van der Waals surface area contributed by atoms with Crippen molar-refractivity contribution in [3.05, 3.63) is 62.4 Å². The van der Waals surface area contributed by atoms with Crippen molar-refractivity contribution < 1.29 is 4.79 Å². The fraction of sp³-hybridized carbons (Fsp3) is 0. The smallest absolute Gasteiger partial charge is 0.269 e. The van der Waals surface area contributed by atoms with Gasteiger partial charge in [0.25, 0.3) is 5.91 Å². The van der Waals surface area contributed by atoms with Crippen LogP contribution in [0.2, 0.25) is 15.1 Å². The molecule has 4 nitrogen and oxygen atoms in total. The molecule has 0 fully saturated rings. The van der Waals surface area contributed by atoms with Gasteiger partial charge in [-0.2, -0.15) is 0 Å². The maximum absolute atomic E-state index is 12.5. The van der Waals surface area contributed by atoms with Crippen LogP contribution in [0.4, 0.5) is 5.69 Å². The number of halogens is 3. The van der Waals surface area contributed by atoms with Gasteiger partial charge in [0.2, 0.25) is 0 Å². The Labute approximate surface area is 151 Å². The summed E-state index contributed by atoms with van der Waals surface area (Å²) >= 11 is 18.9. The van der Waals surface area contributed by atoms with E-state index in [1.54, 1.807) is 42.5 Å². The van der Waals surface area contributed by atoms with Gasteiger partial charge in [0.15, 0.2) is 0 Å². The van der Waals surface area contributed by atoms with E-state index in [1.165, 1.54) is 0 Å². The van der Waals surface area contributed by atoms with E-state index in [0.29, 0.717) is 31.3 Å². The molecule has 0 saturated heterocycles. The monoisotopic (exact) mass is 383 g/mol. The molecule has 2 aromatic carbocycles. The Kier molecular flexibility index (Phi) is 4.82. The van der Waals surface area contributed by atoms with E-state index in [-0.39, 0.29) is 5.91 Å². The second-order valence-corrected chi connectivity index (χ2v) is 6.57. The second kappa shape index (κ2) is 6.84. The van der Waals surface area contributed by atoms with Crippen LogP contribution in [0, 0.1) is 0 Å². The third kappa shape index (κ3) is 3.64. The van der Waals surface area contributed by atoms with Crippen molar-refractivity contribution in [1.82, 2.24) is 9.59 Å². The quantitative estimate of drug-likeness (QED) is 0.656. The molecular formula is C15H8Cl3N3OS. The van der Waals surface area contributed by atoms with Crippen LogP contribution in [0.1, 0.15) is 9.67 Å². The molecule has 0 radical (unpaired) electrons. The van der Waals surface area contributed by atoms with Gasteiger partial charge in [-0.15, -0.1) is 5.10 Å². The predicted molar refractivity (Wildman–Crippen MR) is 94.8 cm³/mol. The van der Waals surface area contributed by atoms with Crippen molar-refractivity contribution in [2.45, 2.75) is 0 Å². The maximum atomic E-state index is 12.5. The van der Waals surface area contributed by atoms with E-state index >= 15 is 0 Å². The first-order valence-corrected chi connectivity index (χ1v) is 8.30. The Balaban J connectivity index is 1.91. The van der Waals surface area contributed by atoms with Gasteiger partial charge in [0.1, 0.15) is 10.6 Å². The topological polar surface area (TPSA) is 54.9 Å². The lowest BCUT2D eigenvalue weighted by Gasteiger charge is -2.07. The second-order valence-electron chi connectivity index (χ2n) is 4.54. The van der Waals surface area contributed by atoms with Gasteiger partial charge in [-0.05, 0) is 41.9 Å². The number of nitrogens with one attached hydrogen (secondary N) is 1. The van der Waals surface area contributed by atoms with Crippen molar-refractivity contribution in [2.75, 3.05) is 5.32 Å². The number of anilines is 1. The molecule has 0 spiro atoms. The van der Waals surface area contributed by atoms with Crippen molar-refractivity contribution in [3.8, 4) is 11.3 Å². The van der Waals surface area contributed by atoms with Crippen molar-refractivity contribution in [1.29, 1.82) is 0 Å². The Bertz CT molecular complexity index is 865. The molecule has 1 amide bonds. The van der Waals surface area contributed by atoms with Crippen molar-refractivity contribution in [3.63, 3.8) is 0 Å². The molecule has 3 aromatic rings. The molecule has 0 saturated carbocycles. The molecule has 0 aliphatic rings. The highest BCUT2D eigenvalue weighted by Gasteiger charge is 2.19. The summed E-state index contributed by atoms with van der Waals surface area (Å²) in [4.78, 5) is 12.9. The van der Waals surface area contributed by atoms with E-state index in [0.717, 1.165) is 17.1 Å². The van der Waals surface area contributed by atoms with E-state index < -0.39 is 0 Å². The van der Waals surface area contributed by atoms with Crippen molar-refractivity contribution in [2.24, 2.45) is 0 Å². The molecule has 0 bridgehead atoms. The molecule has 1 N–H and O–H groups in total. The van der Waals surface area contributed by atoms with Crippen LogP contribution in [0.15, 0.2) is 42.5 Å². The normalized spacial score (nSPS) is 10.6. The SMILES string of the molecule is O=C(Nc1cc(Cl)ccc1Cl)c1snnc1-c1ccc(Cl)cc1. The molecule has 0 aliphatic heterocycles. The van der Waals surface area contributed by atoms with E-state index in [2.05, 4.69) is 14.9 Å². The molecule has 1 heterocycles. The van der Waals surface area contributed by atoms with E-state index in [4.69, 9.17) is 34.8 Å². The van der Waals surface area contributed by atoms with Gasteiger partial charge >= 0.3 is 0 Å². The Morgan fingerprint density at radius 3 is 2.43 bits per heavy atom. The van der Waals surface area contributed by atoms with E-state index in [1.807, 2.05) is 0 Å². The van der Waals surface area contributed by atoms with Gasteiger partial charge in [0, 0.05) is 15.6 Å². The fourth-order valence-electron chi connectivity index (χ4n) is 1.91. The van der Waals surface area contributed by atoms with Crippen LogP contribution in [0.3, 0.4) is 0 Å². The summed E-state index contributed by atoms with van der Waals surface area (Å²) in [5.41, 5.74) is 1.67. The lowest BCUT2D eigenvalue weighted by Crippen LogP contribution is -2.11. The number of benzene rings is 2. The molecule has 116 valence electrons. The minimum Gasteiger partial charge on any atom is -0.320 e. The predicted octanol–water partition coefficient (Wildman–Crippen LogP) is 5.42. The first-order valence-electron chi connectivity index (χ1n) is 6.39. The van der Waals surface area contributed by atoms with Crippen LogP contribution in [-0.4, -0.2) is 15.5 Å². The molecule has 0 aliphatic carbocycles. The first-order chi connectivity index (χ1) is 11.0. The maximum Gasteiger partial charge on any atom is 0.269 e. The number of carbonyl (C=O) groups excluding carboxylic acids is 1. The molecule has 3 rings (SSSR count). The lowest BCUT2D eigenvalue weighted by atomic mass is 10.1. The van der Waals surface area contributed by atoms with Crippen LogP contribution in [-0.2, 0) is 0 Å². The van der Waals surface area contributed by atoms with Gasteiger partial charge in [-0.25, -0.2) is 0 Å². The van der Waals surface area contributed by atoms with E-state index in [9.17, 15) is 4.79 Å². The fourth-order valence-corrected chi connectivity index (χ4v) is 2.95. The number of amides is 1. The molecule has 1 aromatic heterocycles. The van der Waals surface area contributed by atoms with Crippen molar-refractivity contribution >= 4 is 57.9 Å². The zero-order valence-electron chi connectivity index (χ0n) is 11.4. The summed E-state index contributed by atoms with van der Waals surface area (Å²) in [6.07, 6.45) is 0. The van der Waals surface area contributed by atoms with Crippen LogP contribution >= 0.6 is 46.3 Å². The molecule has 0 atom stereocenters. The average Bonchev–Trinajstić information content (AvgIpc) is 3.01. The number of hydrogen-bond donors (Lipinski definition) is 1. The van der Waals surface area contributed by atoms with Crippen LogP contribution in [0.5, 0.6) is 0 Å². The first kappa shape index (κ1) is 16.2. The third-order valence-corrected chi connectivity index (χ3v) is 4.53. The van der Waals surface area contributed by atoms with Gasteiger partial charge in [-0.1, -0.05) is 51.4 Å². The summed E-state index contributed by atoms with van der Waals surface area (Å²) < 4.78 is 3.86. The van der Waals surface area contributed by atoms with Crippen LogP contribution in [0.25, 0.3) is 11.3 Å². The van der Waals surface area contributed by atoms with Gasteiger partial charge in [0.05, 0.1) is 10.7 Å². The number of hydrogen-bond acceptors (Lipinski definition) is 4. The Hall–Kier alpha value is -1.66. The summed E-state index contributed by atoms with van der Waals surface area (Å²) in [6.45, 7) is 0. The summed E-state index contributed by atoms with van der Waals surface area (Å²) in [7, 11) is 0. The Morgan fingerprint density at radius 1 is 1.00 bits per heavy atom. The number of rotatable bonds is 3. The third-order valence-electron chi connectivity index (χ3n) is 2.99. The van der Waals surface area contributed by atoms with Gasteiger partial charge in [-0.3, -0.25) is 4.79 Å². The highest BCUT2D eigenvalue weighted by Crippen LogP contribution is 2.29. The standard InChI is InChI=1S/C15H8Cl3N3OS/c16-9-3-1-8(2-4-9)13-14(23-21-20-13)15(22)19-12-7-10(17)5-6-11(12)18/h1-7H,(H,19,22). The average molecular weight is 385 g/mol. The molecule has 0 unspecified atom stereocenters. The number of nitrogens with zero attached hydrogens (tertiary/aromatic N) is 2. The highest BCUT2D eigenvalue weighted by molar-refractivity contribution is 7.08. The lowest BCUT2D eigenvalue weighted by molar-refractivity contribution is 0.103. The molecule has 23 heavy (non-hydrogen) atoms. The molecular weight excluding hydrogens is 377 g/mol. The van der Waals surface area contributed by atoms with Crippen LogP contribution < -0.4 is 5.32 Å². The number of aromatic nitrogens is 2. The number of carbonyl (C=O) groups is 1. The summed E-state index contributed by atoms with van der Waals surface area (Å²) in [5, 5.41) is 8.23. The highest BCUT2D eigenvalue weighted by atomic mass is 35.5. The minimum atomic E-state index is -0.353. The Morgan fingerprint density at radius 2 is 1.70 bits per heavy atom. The zero-order chi connectivity index (χ0) is 16.4. The molecule has 8 heteroatoms.